The van der Waals surface area contributed by atoms with Crippen molar-refractivity contribution < 1.29 is 0 Å². The van der Waals surface area contributed by atoms with Crippen molar-refractivity contribution in [3.63, 3.8) is 0 Å². The summed E-state index contributed by atoms with van der Waals surface area (Å²) in [5, 5.41) is 24.2. The SMILES string of the molecule is CC(C)(C)c1cc(-c2c3c(c(-c4cc(C(C)(C)C)cc(C(C)(C)C)c4)c4ccccc24)=c2ccc4c5c(ccc=3c25)=c2c(-c3cc5cccnc5c5ncccc35)c3cc5ccccc5cc3c(-c3cc5cccnc5c5ncccc35)c2=4)cc(C(C)(C)C)c1. The van der Waals surface area contributed by atoms with Crippen LogP contribution in [0.2, 0.25) is 0 Å². The number of benzene rings is 11. The summed E-state index contributed by atoms with van der Waals surface area (Å²) in [7, 11) is 0. The largest absolute Gasteiger partial charge is 0.254 e. The van der Waals surface area contributed by atoms with Crippen molar-refractivity contribution in [1.29, 1.82) is 0 Å². The van der Waals surface area contributed by atoms with Gasteiger partial charge in [0.2, 0.25) is 0 Å². The van der Waals surface area contributed by atoms with Crippen molar-refractivity contribution in [2.75, 3.05) is 0 Å². The third-order valence-corrected chi connectivity index (χ3v) is 20.0. The molecule has 4 heterocycles. The van der Waals surface area contributed by atoms with E-state index in [0.717, 1.165) is 54.7 Å². The van der Waals surface area contributed by atoms with E-state index >= 15 is 0 Å². The zero-order valence-electron chi connectivity index (χ0n) is 53.4. The van der Waals surface area contributed by atoms with E-state index in [1.807, 2.05) is 24.8 Å². The van der Waals surface area contributed by atoms with Crippen molar-refractivity contribution in [3.8, 4) is 44.5 Å². The Morgan fingerprint density at radius 2 is 0.544 bits per heavy atom. The Kier molecular flexibility index (Phi) is 11.3. The van der Waals surface area contributed by atoms with Gasteiger partial charge in [-0.1, -0.05) is 217 Å². The molecule has 0 aliphatic heterocycles. The van der Waals surface area contributed by atoms with Crippen molar-refractivity contribution in [1.82, 2.24) is 19.9 Å². The van der Waals surface area contributed by atoms with E-state index in [2.05, 4.69) is 265 Å². The molecule has 0 amide bonds. The Morgan fingerprint density at radius 1 is 0.244 bits per heavy atom. The van der Waals surface area contributed by atoms with Crippen LogP contribution in [-0.4, -0.2) is 19.9 Å². The summed E-state index contributed by atoms with van der Waals surface area (Å²) in [5.74, 6) is 0. The number of pyridine rings is 4. The topological polar surface area (TPSA) is 51.6 Å². The number of fused-ring (bicyclic) bond motifs is 11. The molecule has 2 aliphatic carbocycles. The molecule has 4 heteroatoms. The first-order valence-corrected chi connectivity index (χ1v) is 32.0. The van der Waals surface area contributed by atoms with Gasteiger partial charge in [-0.25, -0.2) is 0 Å². The van der Waals surface area contributed by atoms with Gasteiger partial charge < -0.3 is 0 Å². The fourth-order valence-electron chi connectivity index (χ4n) is 15.4. The summed E-state index contributed by atoms with van der Waals surface area (Å²) in [5.41, 5.74) is 18.3. The maximum absolute atomic E-state index is 5.17. The Balaban J connectivity index is 1.18. The lowest BCUT2D eigenvalue weighted by Crippen LogP contribution is -2.17. The van der Waals surface area contributed by atoms with Crippen LogP contribution in [0.1, 0.15) is 105 Å². The molecular formula is C86H70N4. The van der Waals surface area contributed by atoms with Crippen LogP contribution in [0, 0.1) is 41.7 Å². The predicted molar refractivity (Wildman–Crippen MR) is 378 cm³/mol. The van der Waals surface area contributed by atoms with Crippen LogP contribution < -0.4 is 0 Å². The number of aromatic nitrogens is 4. The summed E-state index contributed by atoms with van der Waals surface area (Å²) in [6.07, 6.45) is 7.62. The quantitative estimate of drug-likeness (QED) is 0.130. The first-order valence-electron chi connectivity index (χ1n) is 32.0. The first-order chi connectivity index (χ1) is 43.2. The minimum absolute atomic E-state index is 0.0975. The van der Waals surface area contributed by atoms with E-state index in [9.17, 15) is 0 Å². The average molecular weight is 1160 g/mol. The molecule has 0 spiro atoms. The van der Waals surface area contributed by atoms with Crippen LogP contribution in [-0.2, 0) is 21.7 Å². The lowest BCUT2D eigenvalue weighted by atomic mass is 9.77. The maximum Gasteiger partial charge on any atom is 0.0970 e. The molecular weight excluding hydrogens is 1090 g/mol. The van der Waals surface area contributed by atoms with Gasteiger partial charge in [-0.2, -0.15) is 0 Å². The molecule has 0 atom stereocenters. The molecule has 0 fully saturated rings. The van der Waals surface area contributed by atoms with Gasteiger partial charge in [0.1, 0.15) is 0 Å². The third-order valence-electron chi connectivity index (χ3n) is 20.0. The molecule has 0 saturated heterocycles. The van der Waals surface area contributed by atoms with Crippen LogP contribution in [0.4, 0.5) is 0 Å². The van der Waals surface area contributed by atoms with E-state index in [0.29, 0.717) is 0 Å². The second-order valence-corrected chi connectivity index (χ2v) is 29.8. The van der Waals surface area contributed by atoms with Gasteiger partial charge in [-0.3, -0.25) is 19.9 Å². The zero-order chi connectivity index (χ0) is 61.7. The maximum atomic E-state index is 5.17. The minimum Gasteiger partial charge on any atom is -0.254 e. The van der Waals surface area contributed by atoms with Gasteiger partial charge in [0.05, 0.1) is 22.1 Å². The van der Waals surface area contributed by atoms with Gasteiger partial charge in [0.15, 0.2) is 0 Å². The summed E-state index contributed by atoms with van der Waals surface area (Å²) >= 11 is 0. The van der Waals surface area contributed by atoms with Crippen molar-refractivity contribution in [3.05, 3.63) is 271 Å². The van der Waals surface area contributed by atoms with Gasteiger partial charge >= 0.3 is 0 Å². The molecule has 2 aliphatic rings. The molecule has 0 bridgehead atoms. The molecule has 15 aromatic rings. The summed E-state index contributed by atoms with van der Waals surface area (Å²) < 4.78 is 0. The molecule has 434 valence electrons. The summed E-state index contributed by atoms with van der Waals surface area (Å²) in [6.45, 7) is 28.4. The second kappa shape index (κ2) is 18.8. The van der Waals surface area contributed by atoms with E-state index < -0.39 is 0 Å². The van der Waals surface area contributed by atoms with Crippen molar-refractivity contribution >= 4 is 86.7 Å². The molecule has 90 heavy (non-hydrogen) atoms. The fourth-order valence-corrected chi connectivity index (χ4v) is 15.4. The van der Waals surface area contributed by atoms with Crippen LogP contribution >= 0.6 is 0 Å². The fraction of sp³-hybridized carbons (Fsp3) is 0.186. The van der Waals surface area contributed by atoms with Crippen molar-refractivity contribution in [2.24, 2.45) is 0 Å². The van der Waals surface area contributed by atoms with Crippen LogP contribution in [0.15, 0.2) is 207 Å². The number of nitrogens with zero attached hydrogens (tertiary/aromatic N) is 4. The predicted octanol–water partition coefficient (Wildman–Crippen LogP) is 22.1. The third kappa shape index (κ3) is 7.92. The lowest BCUT2D eigenvalue weighted by molar-refractivity contribution is 0.568. The molecule has 0 N–H and O–H groups in total. The molecule has 11 aromatic carbocycles. The molecule has 0 unspecified atom stereocenters. The number of hydrogen-bond donors (Lipinski definition) is 0. The van der Waals surface area contributed by atoms with E-state index in [4.69, 9.17) is 19.9 Å². The van der Waals surface area contributed by atoms with Gasteiger partial charge in [0.25, 0.3) is 0 Å². The van der Waals surface area contributed by atoms with E-state index in [1.165, 1.54) is 140 Å². The Labute approximate surface area is 523 Å². The standard InChI is InChI=1S/C86H70N4/c1-83(2,3)53-37-51(38-54(45-53)84(4,5)6)69-57-25-15-16-26-58(57)70(52-39-55(85(7,8)9)46-56(40-52)86(10,11)12)76-62-30-32-64-72-63(31-29-61(71(62)72)75(69)76)77-73(65-43-49-23-17-33-87-79(49)81-59(65)27-19-35-89-81)67-41-47-21-13-14-22-48(47)42-68(67)74(78(64)77)66-44-50-24-18-34-88-80(50)82-60(66)28-20-36-90-82/h13-46H,1-12H3. The highest BCUT2D eigenvalue weighted by atomic mass is 14.7. The number of rotatable bonds is 4. The van der Waals surface area contributed by atoms with Crippen LogP contribution in [0.3, 0.4) is 0 Å². The molecule has 0 saturated carbocycles. The summed E-state index contributed by atoms with van der Waals surface area (Å²) in [4.78, 5) is 20.4. The highest BCUT2D eigenvalue weighted by molar-refractivity contribution is 6.21. The Bertz CT molecular complexity index is 5750. The van der Waals surface area contributed by atoms with Gasteiger partial charge in [0, 0.05) is 46.3 Å². The molecule has 4 nitrogen and oxygen atoms in total. The smallest absolute Gasteiger partial charge is 0.0970 e. The highest BCUT2D eigenvalue weighted by Crippen LogP contribution is 2.50. The molecule has 4 aromatic heterocycles. The van der Waals surface area contributed by atoms with Crippen molar-refractivity contribution in [2.45, 2.75) is 105 Å². The first kappa shape index (κ1) is 54.3. The minimum atomic E-state index is -0.0975. The lowest BCUT2D eigenvalue weighted by Gasteiger charge is -2.28. The van der Waals surface area contributed by atoms with Gasteiger partial charge in [-0.15, -0.1) is 0 Å². The normalized spacial score (nSPS) is 13.1. The molecule has 17 rings (SSSR count). The highest BCUT2D eigenvalue weighted by Gasteiger charge is 2.30. The number of hydrogen-bond acceptors (Lipinski definition) is 4. The second-order valence-electron chi connectivity index (χ2n) is 29.8. The van der Waals surface area contributed by atoms with Crippen LogP contribution in [0.5, 0.6) is 0 Å². The molecule has 0 radical (unpaired) electrons. The van der Waals surface area contributed by atoms with Crippen LogP contribution in [0.25, 0.3) is 131 Å². The summed E-state index contributed by atoms with van der Waals surface area (Å²) in [6, 6.07) is 70.2. The van der Waals surface area contributed by atoms with E-state index in [1.54, 1.807) is 0 Å². The van der Waals surface area contributed by atoms with Gasteiger partial charge in [-0.05, 0) is 222 Å². The Morgan fingerprint density at radius 3 is 0.900 bits per heavy atom. The Hall–Kier alpha value is -9.90. The van der Waals surface area contributed by atoms with E-state index in [-0.39, 0.29) is 21.7 Å². The average Bonchev–Trinajstić information content (AvgIpc) is 1.50. The monoisotopic (exact) mass is 1160 g/mol. The zero-order valence-corrected chi connectivity index (χ0v) is 53.4.